The van der Waals surface area contributed by atoms with Crippen LogP contribution in [0, 0.1) is 17.8 Å². The number of likely N-dealkylation sites (tertiary alicyclic amines) is 1. The summed E-state index contributed by atoms with van der Waals surface area (Å²) in [5.74, 6) is 5.96. The van der Waals surface area contributed by atoms with E-state index in [4.69, 9.17) is 4.74 Å². The van der Waals surface area contributed by atoms with Crippen molar-refractivity contribution in [1.29, 1.82) is 0 Å². The Bertz CT molecular complexity index is 565. The molecule has 1 aromatic carbocycles. The van der Waals surface area contributed by atoms with E-state index in [9.17, 15) is 9.90 Å². The topological polar surface area (TPSA) is 49.8 Å². The first-order valence-electron chi connectivity index (χ1n) is 7.53. The van der Waals surface area contributed by atoms with Crippen molar-refractivity contribution in [2.75, 3.05) is 13.1 Å². The maximum absolute atomic E-state index is 12.0. The van der Waals surface area contributed by atoms with E-state index in [1.165, 1.54) is 4.90 Å². The van der Waals surface area contributed by atoms with Crippen LogP contribution in [0.5, 0.6) is 0 Å². The molecule has 1 amide bonds. The van der Waals surface area contributed by atoms with Crippen LogP contribution in [0.2, 0.25) is 0 Å². The van der Waals surface area contributed by atoms with Gasteiger partial charge in [0.1, 0.15) is 5.60 Å². The van der Waals surface area contributed by atoms with Crippen LogP contribution in [0.3, 0.4) is 0 Å². The Morgan fingerprint density at radius 3 is 2.64 bits per heavy atom. The SMILES string of the molecule is CC(C)(C)OC(=O)N1C[C@@H](O)[C@H](C#CCc2ccccc2)C1. The van der Waals surface area contributed by atoms with E-state index in [0.717, 1.165) is 5.56 Å². The standard InChI is InChI=1S/C18H23NO3/c1-18(2,3)22-17(21)19-12-15(16(20)13-19)11-7-10-14-8-5-4-6-9-14/h4-6,8-9,15-16,20H,10,12-13H2,1-3H3/t15-,16-/m1/s1. The monoisotopic (exact) mass is 301 g/mol. The predicted molar refractivity (Wildman–Crippen MR) is 85.2 cm³/mol. The van der Waals surface area contributed by atoms with Crippen molar-refractivity contribution in [2.45, 2.75) is 38.9 Å². The van der Waals surface area contributed by atoms with E-state index in [1.54, 1.807) is 0 Å². The van der Waals surface area contributed by atoms with Gasteiger partial charge in [-0.1, -0.05) is 42.2 Å². The van der Waals surface area contributed by atoms with E-state index >= 15 is 0 Å². The first-order valence-corrected chi connectivity index (χ1v) is 7.53. The average molecular weight is 301 g/mol. The third-order valence-corrected chi connectivity index (χ3v) is 3.36. The van der Waals surface area contributed by atoms with Crippen molar-refractivity contribution in [3.8, 4) is 11.8 Å². The molecule has 1 aromatic rings. The van der Waals surface area contributed by atoms with Crippen molar-refractivity contribution in [3.05, 3.63) is 35.9 Å². The summed E-state index contributed by atoms with van der Waals surface area (Å²) in [6, 6.07) is 9.97. The number of carbonyl (C=O) groups is 1. The smallest absolute Gasteiger partial charge is 0.410 e. The molecular weight excluding hydrogens is 278 g/mol. The molecule has 1 fully saturated rings. The van der Waals surface area contributed by atoms with Crippen LogP contribution in [0.15, 0.2) is 30.3 Å². The highest BCUT2D eigenvalue weighted by molar-refractivity contribution is 5.68. The molecule has 1 aliphatic rings. The van der Waals surface area contributed by atoms with Gasteiger partial charge in [-0.25, -0.2) is 4.79 Å². The maximum atomic E-state index is 12.0. The second kappa shape index (κ2) is 6.85. The van der Waals surface area contributed by atoms with Gasteiger partial charge in [-0.15, -0.1) is 0 Å². The molecule has 118 valence electrons. The minimum Gasteiger partial charge on any atom is -0.444 e. The largest absolute Gasteiger partial charge is 0.444 e. The molecule has 0 aromatic heterocycles. The summed E-state index contributed by atoms with van der Waals surface area (Å²) in [5.41, 5.74) is 0.616. The van der Waals surface area contributed by atoms with Crippen molar-refractivity contribution in [1.82, 2.24) is 4.90 Å². The molecule has 0 aliphatic carbocycles. The third-order valence-electron chi connectivity index (χ3n) is 3.36. The lowest BCUT2D eigenvalue weighted by Gasteiger charge is -2.24. The normalized spacial score (nSPS) is 21.2. The number of benzene rings is 1. The van der Waals surface area contributed by atoms with Gasteiger partial charge in [-0.3, -0.25) is 0 Å². The Hall–Kier alpha value is -1.99. The first kappa shape index (κ1) is 16.4. The van der Waals surface area contributed by atoms with Gasteiger partial charge in [0.15, 0.2) is 0 Å². The van der Waals surface area contributed by atoms with Gasteiger partial charge < -0.3 is 14.7 Å². The zero-order valence-electron chi connectivity index (χ0n) is 13.4. The summed E-state index contributed by atoms with van der Waals surface area (Å²) in [4.78, 5) is 13.5. The van der Waals surface area contributed by atoms with Gasteiger partial charge >= 0.3 is 6.09 Å². The molecular formula is C18H23NO3. The summed E-state index contributed by atoms with van der Waals surface area (Å²) < 4.78 is 5.32. The van der Waals surface area contributed by atoms with Gasteiger partial charge in [-0.05, 0) is 26.3 Å². The predicted octanol–water partition coefficient (Wildman–Crippen LogP) is 2.46. The van der Waals surface area contributed by atoms with Crippen LogP contribution >= 0.6 is 0 Å². The molecule has 0 radical (unpaired) electrons. The van der Waals surface area contributed by atoms with E-state index in [1.807, 2.05) is 51.1 Å². The fourth-order valence-corrected chi connectivity index (χ4v) is 2.28. The number of amides is 1. The van der Waals surface area contributed by atoms with Gasteiger partial charge in [0.05, 0.1) is 18.6 Å². The minimum absolute atomic E-state index is 0.212. The van der Waals surface area contributed by atoms with Crippen molar-refractivity contribution in [3.63, 3.8) is 0 Å². The van der Waals surface area contributed by atoms with Crippen LogP contribution in [-0.4, -0.2) is 40.9 Å². The van der Waals surface area contributed by atoms with E-state index in [-0.39, 0.29) is 18.6 Å². The van der Waals surface area contributed by atoms with Gasteiger partial charge in [-0.2, -0.15) is 0 Å². The zero-order valence-corrected chi connectivity index (χ0v) is 13.4. The Morgan fingerprint density at radius 1 is 1.32 bits per heavy atom. The Kier molecular flexibility index (Phi) is 5.10. The number of hydrogen-bond acceptors (Lipinski definition) is 3. The van der Waals surface area contributed by atoms with Crippen LogP contribution in [-0.2, 0) is 11.2 Å². The minimum atomic E-state index is -0.615. The summed E-state index contributed by atoms with van der Waals surface area (Å²) >= 11 is 0. The molecule has 1 saturated heterocycles. The molecule has 0 bridgehead atoms. The molecule has 1 heterocycles. The third kappa shape index (κ3) is 4.78. The molecule has 0 spiro atoms. The van der Waals surface area contributed by atoms with E-state index < -0.39 is 11.7 Å². The molecule has 22 heavy (non-hydrogen) atoms. The summed E-state index contributed by atoms with van der Waals surface area (Å²) in [5, 5.41) is 10.1. The van der Waals surface area contributed by atoms with Gasteiger partial charge in [0.2, 0.25) is 0 Å². The number of ether oxygens (including phenoxy) is 1. The summed E-state index contributed by atoms with van der Waals surface area (Å²) in [6.45, 7) is 6.18. The highest BCUT2D eigenvalue weighted by Crippen LogP contribution is 2.19. The highest BCUT2D eigenvalue weighted by Gasteiger charge is 2.35. The molecule has 2 rings (SSSR count). The Morgan fingerprint density at radius 2 is 2.00 bits per heavy atom. The van der Waals surface area contributed by atoms with Crippen LogP contribution in [0.25, 0.3) is 0 Å². The molecule has 1 aliphatic heterocycles. The number of hydrogen-bond donors (Lipinski definition) is 1. The van der Waals surface area contributed by atoms with E-state index in [2.05, 4.69) is 11.8 Å². The second-order valence-corrected chi connectivity index (χ2v) is 6.54. The lowest BCUT2D eigenvalue weighted by molar-refractivity contribution is 0.0270. The lowest BCUT2D eigenvalue weighted by Crippen LogP contribution is -2.35. The molecule has 0 saturated carbocycles. The number of aliphatic hydroxyl groups is 1. The van der Waals surface area contributed by atoms with Crippen molar-refractivity contribution < 1.29 is 14.6 Å². The Labute approximate surface area is 132 Å². The van der Waals surface area contributed by atoms with E-state index in [0.29, 0.717) is 13.0 Å². The fourth-order valence-electron chi connectivity index (χ4n) is 2.28. The van der Waals surface area contributed by atoms with Crippen LogP contribution in [0.1, 0.15) is 26.3 Å². The van der Waals surface area contributed by atoms with Gasteiger partial charge in [0, 0.05) is 13.0 Å². The summed E-state index contributed by atoms with van der Waals surface area (Å²) in [7, 11) is 0. The zero-order chi connectivity index (χ0) is 16.2. The lowest BCUT2D eigenvalue weighted by atomic mass is 10.1. The number of carbonyl (C=O) groups excluding carboxylic acids is 1. The molecule has 1 N–H and O–H groups in total. The average Bonchev–Trinajstić information content (AvgIpc) is 2.80. The molecule has 4 nitrogen and oxygen atoms in total. The maximum Gasteiger partial charge on any atom is 0.410 e. The van der Waals surface area contributed by atoms with Crippen molar-refractivity contribution >= 4 is 6.09 Å². The Balaban J connectivity index is 1.90. The van der Waals surface area contributed by atoms with Crippen molar-refractivity contribution in [2.24, 2.45) is 5.92 Å². The van der Waals surface area contributed by atoms with Crippen LogP contribution < -0.4 is 0 Å². The number of β-amino-alcohol motifs (C(OH)–C–C–N with tert-alkyl or cyclic N) is 1. The molecule has 2 atom stereocenters. The summed E-state index contributed by atoms with van der Waals surface area (Å²) in [6.07, 6.45) is -0.356. The second-order valence-electron chi connectivity index (χ2n) is 6.54. The van der Waals surface area contributed by atoms with Gasteiger partial charge in [0.25, 0.3) is 0 Å². The molecule has 0 unspecified atom stereocenters. The van der Waals surface area contributed by atoms with Crippen LogP contribution in [0.4, 0.5) is 4.79 Å². The number of rotatable bonds is 1. The first-order chi connectivity index (χ1) is 10.3. The highest BCUT2D eigenvalue weighted by atomic mass is 16.6. The quantitative estimate of drug-likeness (QED) is 0.811. The molecule has 4 heteroatoms. The number of nitrogens with zero attached hydrogens (tertiary/aromatic N) is 1. The fraction of sp³-hybridized carbons (Fsp3) is 0.500. The number of aliphatic hydroxyl groups excluding tert-OH is 1.